The van der Waals surface area contributed by atoms with Gasteiger partial charge in [-0.25, -0.2) is 9.59 Å². The third-order valence-electron chi connectivity index (χ3n) is 5.00. The van der Waals surface area contributed by atoms with E-state index in [1.807, 2.05) is 107 Å². The standard InChI is InChI=1S/C25H37N5O2/c1-17(2)26-24(31)28-22-13-14-23(29(6)7)21(15-22)16-30(25(32)27-18(3)4)19(5)20-11-9-8-10-12-20/h8-15,17-19H,16H2,1-7H3,(H,27,32)(H2,26,28,31). The molecule has 0 aliphatic rings. The molecule has 0 aromatic heterocycles. The number of nitrogens with zero attached hydrogens (tertiary/aromatic N) is 2. The molecule has 1 unspecified atom stereocenters. The van der Waals surface area contributed by atoms with Gasteiger partial charge in [0.05, 0.1) is 12.6 Å². The lowest BCUT2D eigenvalue weighted by atomic mass is 10.0. The Hall–Kier alpha value is -3.22. The Balaban J connectivity index is 2.39. The molecule has 0 saturated heterocycles. The number of urea groups is 2. The molecule has 2 rings (SSSR count). The summed E-state index contributed by atoms with van der Waals surface area (Å²) >= 11 is 0. The summed E-state index contributed by atoms with van der Waals surface area (Å²) in [6.45, 7) is 10.2. The average molecular weight is 440 g/mol. The Morgan fingerprint density at radius 2 is 1.50 bits per heavy atom. The zero-order valence-electron chi connectivity index (χ0n) is 20.3. The Morgan fingerprint density at radius 3 is 2.06 bits per heavy atom. The van der Waals surface area contributed by atoms with Gasteiger partial charge in [-0.2, -0.15) is 0 Å². The molecule has 0 aliphatic carbocycles. The minimum Gasteiger partial charge on any atom is -0.377 e. The smallest absolute Gasteiger partial charge is 0.319 e. The van der Waals surface area contributed by atoms with Gasteiger partial charge in [0, 0.05) is 37.6 Å². The van der Waals surface area contributed by atoms with E-state index in [9.17, 15) is 9.59 Å². The van der Waals surface area contributed by atoms with Crippen LogP contribution in [0.2, 0.25) is 0 Å². The van der Waals surface area contributed by atoms with Crippen molar-refractivity contribution < 1.29 is 9.59 Å². The lowest BCUT2D eigenvalue weighted by molar-refractivity contribution is 0.173. The predicted octanol–water partition coefficient (Wildman–Crippen LogP) is 4.96. The Labute approximate surface area is 192 Å². The maximum Gasteiger partial charge on any atom is 0.319 e. The minimum atomic E-state index is -0.254. The molecule has 7 heteroatoms. The molecular weight excluding hydrogens is 402 g/mol. The molecule has 4 amide bonds. The van der Waals surface area contributed by atoms with Gasteiger partial charge in [0.15, 0.2) is 0 Å². The number of nitrogens with one attached hydrogen (secondary N) is 3. The fourth-order valence-electron chi connectivity index (χ4n) is 3.47. The number of hydrogen-bond donors (Lipinski definition) is 3. The van der Waals surface area contributed by atoms with Crippen molar-refractivity contribution in [3.05, 3.63) is 59.7 Å². The van der Waals surface area contributed by atoms with E-state index in [-0.39, 0.29) is 30.2 Å². The monoisotopic (exact) mass is 439 g/mol. The van der Waals surface area contributed by atoms with E-state index < -0.39 is 0 Å². The second kappa shape index (κ2) is 11.4. The topological polar surface area (TPSA) is 76.7 Å². The van der Waals surface area contributed by atoms with Gasteiger partial charge in [-0.05, 0) is 63.9 Å². The van der Waals surface area contributed by atoms with Crippen LogP contribution >= 0.6 is 0 Å². The zero-order valence-corrected chi connectivity index (χ0v) is 20.3. The maximum absolute atomic E-state index is 13.2. The van der Waals surface area contributed by atoms with Crippen LogP contribution in [0.25, 0.3) is 0 Å². The zero-order chi connectivity index (χ0) is 23.8. The Kier molecular flexibility index (Phi) is 8.93. The van der Waals surface area contributed by atoms with E-state index in [1.54, 1.807) is 0 Å². The molecule has 174 valence electrons. The van der Waals surface area contributed by atoms with Crippen molar-refractivity contribution >= 4 is 23.4 Å². The molecule has 0 spiro atoms. The van der Waals surface area contributed by atoms with Crippen molar-refractivity contribution in [2.24, 2.45) is 0 Å². The summed E-state index contributed by atoms with van der Waals surface area (Å²) in [5, 5.41) is 8.75. The fraction of sp³-hybridized carbons (Fsp3) is 0.440. The average Bonchev–Trinajstić information content (AvgIpc) is 2.70. The molecule has 32 heavy (non-hydrogen) atoms. The van der Waals surface area contributed by atoms with Crippen molar-refractivity contribution in [3.8, 4) is 0 Å². The predicted molar refractivity (Wildman–Crippen MR) is 132 cm³/mol. The number of carbonyl (C=O) groups excluding carboxylic acids is 2. The molecule has 3 N–H and O–H groups in total. The molecular formula is C25H37N5O2. The van der Waals surface area contributed by atoms with E-state index in [4.69, 9.17) is 0 Å². The number of benzene rings is 2. The van der Waals surface area contributed by atoms with E-state index in [2.05, 4.69) is 16.0 Å². The summed E-state index contributed by atoms with van der Waals surface area (Å²) < 4.78 is 0. The van der Waals surface area contributed by atoms with Gasteiger partial charge < -0.3 is 25.8 Å². The molecule has 0 heterocycles. The highest BCUT2D eigenvalue weighted by molar-refractivity contribution is 5.90. The van der Waals surface area contributed by atoms with Crippen LogP contribution in [0.1, 0.15) is 51.8 Å². The highest BCUT2D eigenvalue weighted by Gasteiger charge is 2.24. The van der Waals surface area contributed by atoms with Gasteiger partial charge in [-0.1, -0.05) is 30.3 Å². The normalized spacial score (nSPS) is 11.8. The largest absolute Gasteiger partial charge is 0.377 e. The number of amides is 4. The minimum absolute atomic E-state index is 0.0222. The highest BCUT2D eigenvalue weighted by Crippen LogP contribution is 2.28. The van der Waals surface area contributed by atoms with Gasteiger partial charge in [0.25, 0.3) is 0 Å². The highest BCUT2D eigenvalue weighted by atomic mass is 16.2. The van der Waals surface area contributed by atoms with Crippen LogP contribution in [0.4, 0.5) is 21.0 Å². The summed E-state index contributed by atoms with van der Waals surface area (Å²) in [4.78, 5) is 29.2. The second-order valence-corrected chi connectivity index (χ2v) is 8.81. The van der Waals surface area contributed by atoms with E-state index in [0.29, 0.717) is 12.2 Å². The van der Waals surface area contributed by atoms with Crippen LogP contribution in [-0.4, -0.2) is 43.1 Å². The maximum atomic E-state index is 13.2. The summed E-state index contributed by atoms with van der Waals surface area (Å²) in [5.41, 5.74) is 3.67. The Bertz CT molecular complexity index is 896. The molecule has 0 radical (unpaired) electrons. The summed E-state index contributed by atoms with van der Waals surface area (Å²) in [6, 6.07) is 15.3. The molecule has 0 fully saturated rings. The molecule has 2 aromatic carbocycles. The van der Waals surface area contributed by atoms with Crippen LogP contribution in [0.15, 0.2) is 48.5 Å². The van der Waals surface area contributed by atoms with Crippen LogP contribution in [0, 0.1) is 0 Å². The lowest BCUT2D eigenvalue weighted by Crippen LogP contribution is -2.44. The number of rotatable bonds is 8. The van der Waals surface area contributed by atoms with E-state index in [1.165, 1.54) is 0 Å². The summed E-state index contributed by atoms with van der Waals surface area (Å²) in [5.74, 6) is 0. The second-order valence-electron chi connectivity index (χ2n) is 8.81. The van der Waals surface area contributed by atoms with Gasteiger partial charge >= 0.3 is 12.1 Å². The third kappa shape index (κ3) is 7.18. The number of carbonyl (C=O) groups is 2. The third-order valence-corrected chi connectivity index (χ3v) is 5.00. The van der Waals surface area contributed by atoms with E-state index in [0.717, 1.165) is 16.8 Å². The summed E-state index contributed by atoms with van der Waals surface area (Å²) in [6.07, 6.45) is 0. The van der Waals surface area contributed by atoms with Crippen LogP contribution < -0.4 is 20.9 Å². The van der Waals surface area contributed by atoms with Crippen LogP contribution in [0.5, 0.6) is 0 Å². The quantitative estimate of drug-likeness (QED) is 0.544. The van der Waals surface area contributed by atoms with Gasteiger partial charge in [-0.3, -0.25) is 0 Å². The molecule has 2 aromatic rings. The van der Waals surface area contributed by atoms with Gasteiger partial charge in [0.1, 0.15) is 0 Å². The van der Waals surface area contributed by atoms with Crippen LogP contribution in [0.3, 0.4) is 0 Å². The van der Waals surface area contributed by atoms with Gasteiger partial charge in [0.2, 0.25) is 0 Å². The molecule has 0 aliphatic heterocycles. The first-order valence-electron chi connectivity index (χ1n) is 11.1. The lowest BCUT2D eigenvalue weighted by Gasteiger charge is -2.32. The van der Waals surface area contributed by atoms with Gasteiger partial charge in [-0.15, -0.1) is 0 Å². The Morgan fingerprint density at radius 1 is 0.875 bits per heavy atom. The molecule has 7 nitrogen and oxygen atoms in total. The van der Waals surface area contributed by atoms with E-state index >= 15 is 0 Å². The summed E-state index contributed by atoms with van der Waals surface area (Å²) in [7, 11) is 3.94. The number of anilines is 2. The first-order valence-corrected chi connectivity index (χ1v) is 11.1. The fourth-order valence-corrected chi connectivity index (χ4v) is 3.47. The van der Waals surface area contributed by atoms with Crippen molar-refractivity contribution in [3.63, 3.8) is 0 Å². The molecule has 1 atom stereocenters. The van der Waals surface area contributed by atoms with Crippen LogP contribution in [-0.2, 0) is 6.54 Å². The molecule has 0 bridgehead atoms. The van der Waals surface area contributed by atoms with Crippen molar-refractivity contribution in [2.75, 3.05) is 24.3 Å². The SMILES string of the molecule is CC(C)NC(=O)Nc1ccc(N(C)C)c(CN(C(=O)NC(C)C)C(C)c2ccccc2)c1. The first-order chi connectivity index (χ1) is 15.1. The van der Waals surface area contributed by atoms with Crippen molar-refractivity contribution in [2.45, 2.75) is 59.3 Å². The van der Waals surface area contributed by atoms with Crippen molar-refractivity contribution in [1.82, 2.24) is 15.5 Å². The first kappa shape index (κ1) is 25.0. The number of hydrogen-bond acceptors (Lipinski definition) is 3. The molecule has 0 saturated carbocycles. The van der Waals surface area contributed by atoms with Crippen molar-refractivity contribution in [1.29, 1.82) is 0 Å².